The van der Waals surface area contributed by atoms with Gasteiger partial charge in [0.05, 0.1) is 11.9 Å². The van der Waals surface area contributed by atoms with Crippen molar-refractivity contribution in [1.29, 1.82) is 0 Å². The Kier molecular flexibility index (Phi) is 6.15. The maximum Gasteiger partial charge on any atom is 0.318 e. The first-order valence-corrected chi connectivity index (χ1v) is 10.9. The molecule has 0 bridgehead atoms. The first-order valence-electron chi connectivity index (χ1n) is 8.99. The van der Waals surface area contributed by atoms with E-state index in [1.807, 2.05) is 13.8 Å². The smallest absolute Gasteiger partial charge is 0.318 e. The Bertz CT molecular complexity index is 882. The molecule has 0 saturated carbocycles. The number of benzene rings is 2. The Morgan fingerprint density at radius 2 is 1.75 bits per heavy atom. The summed E-state index contributed by atoms with van der Waals surface area (Å²) in [5, 5.41) is 10.4. The van der Waals surface area contributed by atoms with Crippen LogP contribution in [0.15, 0.2) is 48.5 Å². The number of rotatable bonds is 5. The van der Waals surface area contributed by atoms with Gasteiger partial charge in [0, 0.05) is 10.6 Å². The lowest BCUT2D eigenvalue weighted by molar-refractivity contribution is -0.138. The van der Waals surface area contributed by atoms with Crippen LogP contribution in [0, 0.1) is 0 Å². The van der Waals surface area contributed by atoms with E-state index in [4.69, 9.17) is 20.9 Å². The van der Waals surface area contributed by atoms with Crippen molar-refractivity contribution in [2.45, 2.75) is 32.2 Å². The SMILES string of the molecule is CC1(C)CCCOP(=O)(c2ccc(Oc3ccc(Cl)cc3)cc2)N1CC(=O)O. The fourth-order valence-corrected chi connectivity index (χ4v) is 5.95. The molecule has 0 radical (unpaired) electrons. The second-order valence-electron chi connectivity index (χ2n) is 7.27. The van der Waals surface area contributed by atoms with Crippen molar-refractivity contribution < 1.29 is 23.7 Å². The summed E-state index contributed by atoms with van der Waals surface area (Å²) in [7, 11) is -3.52. The summed E-state index contributed by atoms with van der Waals surface area (Å²) in [6, 6.07) is 13.7. The van der Waals surface area contributed by atoms with Crippen LogP contribution >= 0.6 is 19.1 Å². The summed E-state index contributed by atoms with van der Waals surface area (Å²) in [5.41, 5.74) is -0.567. The number of ether oxygens (including phenoxy) is 1. The molecule has 1 saturated heterocycles. The van der Waals surface area contributed by atoms with Gasteiger partial charge in [0.2, 0.25) is 0 Å². The van der Waals surface area contributed by atoms with E-state index in [1.165, 1.54) is 4.67 Å². The maximum atomic E-state index is 13.8. The zero-order valence-electron chi connectivity index (χ0n) is 15.8. The van der Waals surface area contributed by atoms with E-state index < -0.39 is 19.0 Å². The fraction of sp³-hybridized carbons (Fsp3) is 0.350. The number of nitrogens with zero attached hydrogens (tertiary/aromatic N) is 1. The van der Waals surface area contributed by atoms with Gasteiger partial charge in [-0.15, -0.1) is 0 Å². The van der Waals surface area contributed by atoms with Crippen molar-refractivity contribution in [3.05, 3.63) is 53.6 Å². The van der Waals surface area contributed by atoms with Gasteiger partial charge in [-0.1, -0.05) is 11.6 Å². The minimum absolute atomic E-state index is 0.319. The number of halogens is 1. The van der Waals surface area contributed by atoms with Gasteiger partial charge in [-0.25, -0.2) is 4.67 Å². The first-order chi connectivity index (χ1) is 13.2. The van der Waals surface area contributed by atoms with Gasteiger partial charge in [0.1, 0.15) is 18.0 Å². The van der Waals surface area contributed by atoms with Crippen molar-refractivity contribution in [2.75, 3.05) is 13.2 Å². The topological polar surface area (TPSA) is 76.1 Å². The van der Waals surface area contributed by atoms with Crippen LogP contribution in [-0.4, -0.2) is 34.4 Å². The predicted octanol–water partition coefficient (Wildman–Crippen LogP) is 4.93. The molecule has 150 valence electrons. The molecule has 1 N–H and O–H groups in total. The Labute approximate surface area is 169 Å². The average Bonchev–Trinajstić information content (AvgIpc) is 2.76. The second-order valence-corrected chi connectivity index (χ2v) is 10.0. The number of hydrogen-bond acceptors (Lipinski definition) is 4. The molecule has 0 aromatic heterocycles. The van der Waals surface area contributed by atoms with Crippen molar-refractivity contribution in [2.24, 2.45) is 0 Å². The molecule has 0 aliphatic carbocycles. The molecular formula is C20H23ClNO5P. The number of aliphatic carboxylic acids is 1. The molecule has 1 unspecified atom stereocenters. The van der Waals surface area contributed by atoms with Crippen molar-refractivity contribution in [3.63, 3.8) is 0 Å². The van der Waals surface area contributed by atoms with Crippen LogP contribution in [0.2, 0.25) is 5.02 Å². The van der Waals surface area contributed by atoms with Gasteiger partial charge in [-0.2, -0.15) is 0 Å². The van der Waals surface area contributed by atoms with E-state index in [9.17, 15) is 14.5 Å². The molecule has 0 amide bonds. The van der Waals surface area contributed by atoms with E-state index in [2.05, 4.69) is 0 Å². The highest BCUT2D eigenvalue weighted by Gasteiger charge is 2.45. The Balaban J connectivity index is 1.89. The summed E-state index contributed by atoms with van der Waals surface area (Å²) < 4.78 is 26.8. The molecule has 0 spiro atoms. The minimum atomic E-state index is -3.52. The third-order valence-electron chi connectivity index (χ3n) is 4.71. The van der Waals surface area contributed by atoms with Gasteiger partial charge in [0.25, 0.3) is 0 Å². The zero-order valence-corrected chi connectivity index (χ0v) is 17.5. The maximum absolute atomic E-state index is 13.8. The quantitative estimate of drug-likeness (QED) is 0.687. The largest absolute Gasteiger partial charge is 0.480 e. The lowest BCUT2D eigenvalue weighted by Crippen LogP contribution is -2.45. The van der Waals surface area contributed by atoms with Crippen LogP contribution < -0.4 is 10.0 Å². The number of hydrogen-bond donors (Lipinski definition) is 1. The van der Waals surface area contributed by atoms with Crippen LogP contribution in [-0.2, 0) is 13.9 Å². The first kappa shape index (κ1) is 20.9. The molecule has 3 rings (SSSR count). The van der Waals surface area contributed by atoms with Gasteiger partial charge in [-0.05, 0) is 75.2 Å². The Morgan fingerprint density at radius 3 is 2.32 bits per heavy atom. The highest BCUT2D eigenvalue weighted by atomic mass is 35.5. The molecule has 1 aliphatic rings. The van der Waals surface area contributed by atoms with E-state index in [-0.39, 0.29) is 6.54 Å². The van der Waals surface area contributed by atoms with E-state index in [0.717, 1.165) is 0 Å². The molecule has 1 atom stereocenters. The molecular weight excluding hydrogens is 401 g/mol. The number of carboxylic acids is 1. The Morgan fingerprint density at radius 1 is 1.18 bits per heavy atom. The monoisotopic (exact) mass is 423 g/mol. The molecule has 1 aliphatic heterocycles. The molecule has 1 fully saturated rings. The van der Waals surface area contributed by atoms with Crippen LogP contribution in [0.4, 0.5) is 0 Å². The molecule has 1 heterocycles. The molecule has 8 heteroatoms. The van der Waals surface area contributed by atoms with Crippen LogP contribution in [0.25, 0.3) is 0 Å². The standard InChI is InChI=1S/C20H23ClNO5P/c1-20(2)12-3-13-26-28(25,22(20)14-19(23)24)18-10-8-17(9-11-18)27-16-6-4-15(21)5-7-16/h4-11H,3,12-14H2,1-2H3,(H,23,24). The van der Waals surface area contributed by atoms with Crippen LogP contribution in [0.5, 0.6) is 11.5 Å². The lowest BCUT2D eigenvalue weighted by atomic mass is 9.99. The summed E-state index contributed by atoms with van der Waals surface area (Å²) in [6.45, 7) is 3.76. The van der Waals surface area contributed by atoms with E-state index in [1.54, 1.807) is 48.5 Å². The number of carboxylic acid groups (broad SMARTS) is 1. The zero-order chi connectivity index (χ0) is 20.4. The van der Waals surface area contributed by atoms with Crippen LogP contribution in [0.1, 0.15) is 26.7 Å². The van der Waals surface area contributed by atoms with Crippen molar-refractivity contribution >= 4 is 30.4 Å². The minimum Gasteiger partial charge on any atom is -0.480 e. The summed E-state index contributed by atoms with van der Waals surface area (Å²) in [6.07, 6.45) is 1.41. The van der Waals surface area contributed by atoms with Crippen LogP contribution in [0.3, 0.4) is 0 Å². The lowest BCUT2D eigenvalue weighted by Gasteiger charge is -2.39. The van der Waals surface area contributed by atoms with E-state index >= 15 is 0 Å². The van der Waals surface area contributed by atoms with Gasteiger partial charge in [0.15, 0.2) is 0 Å². The fourth-order valence-electron chi connectivity index (χ4n) is 3.24. The molecule has 28 heavy (non-hydrogen) atoms. The normalized spacial score (nSPS) is 22.4. The van der Waals surface area contributed by atoms with E-state index in [0.29, 0.717) is 41.3 Å². The predicted molar refractivity (Wildman–Crippen MR) is 109 cm³/mol. The summed E-state index contributed by atoms with van der Waals surface area (Å²) in [4.78, 5) is 11.4. The molecule has 6 nitrogen and oxygen atoms in total. The second kappa shape index (κ2) is 8.26. The average molecular weight is 424 g/mol. The summed E-state index contributed by atoms with van der Waals surface area (Å²) >= 11 is 5.88. The Hall–Kier alpha value is -1.85. The molecule has 2 aromatic carbocycles. The van der Waals surface area contributed by atoms with Gasteiger partial charge >= 0.3 is 13.5 Å². The van der Waals surface area contributed by atoms with Crippen molar-refractivity contribution in [3.8, 4) is 11.5 Å². The third kappa shape index (κ3) is 4.58. The van der Waals surface area contributed by atoms with Crippen molar-refractivity contribution in [1.82, 2.24) is 4.67 Å². The van der Waals surface area contributed by atoms with Gasteiger partial charge < -0.3 is 14.4 Å². The highest BCUT2D eigenvalue weighted by molar-refractivity contribution is 7.64. The molecule has 2 aromatic rings. The third-order valence-corrected chi connectivity index (χ3v) is 7.77. The highest BCUT2D eigenvalue weighted by Crippen LogP contribution is 2.56. The van der Waals surface area contributed by atoms with Gasteiger partial charge in [-0.3, -0.25) is 9.36 Å². The summed E-state index contributed by atoms with van der Waals surface area (Å²) in [5.74, 6) is 0.154. The number of carbonyl (C=O) groups is 1.